The Bertz CT molecular complexity index is 975. The molecular weight excluding hydrogens is 462 g/mol. The van der Waals surface area contributed by atoms with E-state index in [1.54, 1.807) is 6.92 Å². The molecule has 6 nitrogen and oxygen atoms in total. The van der Waals surface area contributed by atoms with Gasteiger partial charge in [-0.15, -0.1) is 0 Å². The van der Waals surface area contributed by atoms with Crippen LogP contribution in [0.3, 0.4) is 0 Å². The smallest absolute Gasteiger partial charge is 0.332 e. The van der Waals surface area contributed by atoms with Crippen molar-refractivity contribution in [2.75, 3.05) is 18.1 Å². The lowest BCUT2D eigenvalue weighted by Gasteiger charge is -2.27. The molecule has 164 valence electrons. The first-order valence-electron chi connectivity index (χ1n) is 10.3. The molecular formula is C24H26BrNO5. The maximum absolute atomic E-state index is 12.3. The van der Waals surface area contributed by atoms with Crippen LogP contribution in [-0.2, 0) is 25.6 Å². The van der Waals surface area contributed by atoms with Crippen LogP contribution in [0.1, 0.15) is 26.3 Å². The van der Waals surface area contributed by atoms with E-state index >= 15 is 0 Å². The fraction of sp³-hybridized carbons (Fsp3) is 0.375. The van der Waals surface area contributed by atoms with Crippen LogP contribution < -0.4 is 9.64 Å². The number of hydrogen-bond donors (Lipinski definition) is 0. The van der Waals surface area contributed by atoms with Crippen LogP contribution in [-0.4, -0.2) is 37.1 Å². The molecule has 2 aromatic rings. The molecule has 2 aliphatic rings. The van der Waals surface area contributed by atoms with Crippen LogP contribution in [0.25, 0.3) is 0 Å². The van der Waals surface area contributed by atoms with Crippen molar-refractivity contribution in [1.29, 1.82) is 0 Å². The summed E-state index contributed by atoms with van der Waals surface area (Å²) in [5, 5.41) is 0. The second-order valence-corrected chi connectivity index (χ2v) is 8.77. The van der Waals surface area contributed by atoms with Crippen molar-refractivity contribution in [3.8, 4) is 5.75 Å². The van der Waals surface area contributed by atoms with Crippen LogP contribution in [0, 0.1) is 0 Å². The van der Waals surface area contributed by atoms with Crippen molar-refractivity contribution in [2.24, 2.45) is 0 Å². The molecule has 2 fully saturated rings. The van der Waals surface area contributed by atoms with Gasteiger partial charge in [0.05, 0.1) is 24.5 Å². The van der Waals surface area contributed by atoms with Gasteiger partial charge in [-0.25, -0.2) is 4.79 Å². The first-order chi connectivity index (χ1) is 14.9. The number of benzene rings is 2. The van der Waals surface area contributed by atoms with Gasteiger partial charge in [-0.3, -0.25) is 0 Å². The molecule has 0 aliphatic carbocycles. The molecule has 7 heteroatoms. The van der Waals surface area contributed by atoms with E-state index < -0.39 is 11.8 Å². The minimum atomic E-state index is -0.701. The summed E-state index contributed by atoms with van der Waals surface area (Å²) in [6, 6.07) is 15.8. The Balaban J connectivity index is 1.61. The summed E-state index contributed by atoms with van der Waals surface area (Å²) in [5.41, 5.74) is 2.69. The normalized spacial score (nSPS) is 23.1. The van der Waals surface area contributed by atoms with Gasteiger partial charge in [0, 0.05) is 16.6 Å². The number of fused-ring (bicyclic) bond motifs is 1. The Morgan fingerprint density at radius 1 is 1.23 bits per heavy atom. The van der Waals surface area contributed by atoms with Crippen LogP contribution in [0.15, 0.2) is 64.8 Å². The maximum Gasteiger partial charge on any atom is 0.332 e. The Labute approximate surface area is 190 Å². The first-order valence-corrected chi connectivity index (χ1v) is 11.1. The molecule has 0 radical (unpaired) electrons. The second-order valence-electron chi connectivity index (χ2n) is 7.91. The van der Waals surface area contributed by atoms with E-state index in [9.17, 15) is 4.79 Å². The molecule has 31 heavy (non-hydrogen) atoms. The third-order valence-corrected chi connectivity index (χ3v) is 5.83. The van der Waals surface area contributed by atoms with Crippen molar-refractivity contribution < 1.29 is 23.7 Å². The summed E-state index contributed by atoms with van der Waals surface area (Å²) in [7, 11) is 0. The van der Waals surface area contributed by atoms with E-state index in [2.05, 4.69) is 15.9 Å². The molecule has 0 aromatic heterocycles. The number of nitrogens with zero attached hydrogens (tertiary/aromatic N) is 1. The van der Waals surface area contributed by atoms with Gasteiger partial charge in [-0.05, 0) is 54.4 Å². The van der Waals surface area contributed by atoms with Crippen molar-refractivity contribution in [3.63, 3.8) is 0 Å². The number of ether oxygens (including phenoxy) is 4. The van der Waals surface area contributed by atoms with Crippen molar-refractivity contribution >= 4 is 27.6 Å². The van der Waals surface area contributed by atoms with E-state index in [-0.39, 0.29) is 12.2 Å². The molecule has 0 N–H and O–H groups in total. The van der Waals surface area contributed by atoms with E-state index in [1.165, 1.54) is 6.08 Å². The standard InChI is InChI=1S/C24H26BrNO5/c1-4-28-22(27)13-20-23-21(30-24(2,3)31-23)14-26(20)19-12-17(10-11-18(19)25)29-15-16-8-6-5-7-9-16/h5-13,21,23H,4,14-15H2,1-3H3/b20-13+/t21-,23+/m1/s1. The van der Waals surface area contributed by atoms with Gasteiger partial charge < -0.3 is 23.8 Å². The molecule has 0 bridgehead atoms. The van der Waals surface area contributed by atoms with E-state index in [0.29, 0.717) is 19.8 Å². The second kappa shape index (κ2) is 9.02. The topological polar surface area (TPSA) is 57.2 Å². The van der Waals surface area contributed by atoms with Crippen molar-refractivity contribution in [3.05, 3.63) is 70.3 Å². The molecule has 2 aromatic carbocycles. The molecule has 2 saturated heterocycles. The van der Waals surface area contributed by atoms with Gasteiger partial charge in [0.15, 0.2) is 5.79 Å². The number of halogens is 1. The monoisotopic (exact) mass is 487 g/mol. The Hall–Kier alpha value is -2.35. The molecule has 4 rings (SSSR count). The zero-order chi connectivity index (χ0) is 22.0. The van der Waals surface area contributed by atoms with E-state index in [1.807, 2.05) is 67.3 Å². The summed E-state index contributed by atoms with van der Waals surface area (Å²) in [6.45, 7) is 6.89. The van der Waals surface area contributed by atoms with Gasteiger partial charge >= 0.3 is 5.97 Å². The quantitative estimate of drug-likeness (QED) is 0.430. The molecule has 2 aliphatic heterocycles. The lowest BCUT2D eigenvalue weighted by Crippen LogP contribution is -2.29. The lowest BCUT2D eigenvalue weighted by atomic mass is 10.2. The largest absolute Gasteiger partial charge is 0.489 e. The van der Waals surface area contributed by atoms with Crippen LogP contribution in [0.2, 0.25) is 0 Å². The van der Waals surface area contributed by atoms with Crippen LogP contribution >= 0.6 is 15.9 Å². The SMILES string of the molecule is CCOC(=O)/C=C1\[C@@H]2OC(C)(C)O[C@@H]2CN1c1cc(OCc2ccccc2)ccc1Br. The van der Waals surface area contributed by atoms with Crippen LogP contribution in [0.5, 0.6) is 5.75 Å². The Kier molecular flexibility index (Phi) is 6.36. The Morgan fingerprint density at radius 2 is 2.00 bits per heavy atom. The summed E-state index contributed by atoms with van der Waals surface area (Å²) < 4.78 is 24.2. The number of carbonyl (C=O) groups excluding carboxylic acids is 1. The highest BCUT2D eigenvalue weighted by Crippen LogP contribution is 2.43. The van der Waals surface area contributed by atoms with E-state index in [0.717, 1.165) is 27.2 Å². The average molecular weight is 488 g/mol. The van der Waals surface area contributed by atoms with E-state index in [4.69, 9.17) is 18.9 Å². The van der Waals surface area contributed by atoms with Crippen LogP contribution in [0.4, 0.5) is 5.69 Å². The minimum Gasteiger partial charge on any atom is -0.489 e. The maximum atomic E-state index is 12.3. The fourth-order valence-electron chi connectivity index (χ4n) is 3.89. The molecule has 2 atom stereocenters. The number of rotatable bonds is 6. The zero-order valence-electron chi connectivity index (χ0n) is 17.8. The van der Waals surface area contributed by atoms with Gasteiger partial charge in [0.25, 0.3) is 0 Å². The Morgan fingerprint density at radius 3 is 2.74 bits per heavy atom. The van der Waals surface area contributed by atoms with Crippen molar-refractivity contribution in [1.82, 2.24) is 0 Å². The first kappa shape index (κ1) is 21.9. The summed E-state index contributed by atoms with van der Waals surface area (Å²) in [5.74, 6) is -0.367. The van der Waals surface area contributed by atoms with Gasteiger partial charge in [-0.2, -0.15) is 0 Å². The molecule has 0 spiro atoms. The van der Waals surface area contributed by atoms with Gasteiger partial charge in [0.1, 0.15) is 24.6 Å². The van der Waals surface area contributed by atoms with Crippen molar-refractivity contribution in [2.45, 2.75) is 45.4 Å². The zero-order valence-corrected chi connectivity index (χ0v) is 19.4. The molecule has 0 amide bonds. The molecule has 2 heterocycles. The third-order valence-electron chi connectivity index (χ3n) is 5.16. The average Bonchev–Trinajstić information content (AvgIpc) is 3.20. The summed E-state index contributed by atoms with van der Waals surface area (Å²) in [6.07, 6.45) is 0.972. The fourth-order valence-corrected chi connectivity index (χ4v) is 4.35. The number of carbonyl (C=O) groups is 1. The predicted octanol–water partition coefficient (Wildman–Crippen LogP) is 4.82. The number of esters is 1. The minimum absolute atomic E-state index is 0.184. The highest BCUT2D eigenvalue weighted by Gasteiger charge is 2.50. The molecule has 0 saturated carbocycles. The van der Waals surface area contributed by atoms with Gasteiger partial charge in [-0.1, -0.05) is 30.3 Å². The lowest BCUT2D eigenvalue weighted by molar-refractivity contribution is -0.146. The predicted molar refractivity (Wildman–Crippen MR) is 121 cm³/mol. The highest BCUT2D eigenvalue weighted by molar-refractivity contribution is 9.10. The summed E-state index contributed by atoms with van der Waals surface area (Å²) in [4.78, 5) is 14.3. The molecule has 0 unspecified atom stereocenters. The van der Waals surface area contributed by atoms with Gasteiger partial charge in [0.2, 0.25) is 0 Å². The third kappa shape index (κ3) is 4.95. The highest BCUT2D eigenvalue weighted by atomic mass is 79.9. The summed E-state index contributed by atoms with van der Waals surface area (Å²) >= 11 is 3.64. The number of hydrogen-bond acceptors (Lipinski definition) is 6. The number of anilines is 1.